The van der Waals surface area contributed by atoms with Crippen LogP contribution in [0.2, 0.25) is 0 Å². The number of hydrogen-bond acceptors (Lipinski definition) is 5. The lowest BCUT2D eigenvalue weighted by Crippen LogP contribution is -2.31. The molecule has 0 saturated carbocycles. The van der Waals surface area contributed by atoms with Gasteiger partial charge in [-0.15, -0.1) is 0 Å². The van der Waals surface area contributed by atoms with Crippen molar-refractivity contribution in [3.63, 3.8) is 0 Å². The second-order valence-electron chi connectivity index (χ2n) is 9.10. The van der Waals surface area contributed by atoms with Crippen LogP contribution < -0.4 is 16.2 Å². The topological polar surface area (TPSA) is 132 Å². The number of aliphatic hydroxyl groups excluding tert-OH is 1. The molecule has 0 bridgehead atoms. The molecule has 0 aliphatic heterocycles. The summed E-state index contributed by atoms with van der Waals surface area (Å²) >= 11 is 0. The summed E-state index contributed by atoms with van der Waals surface area (Å²) in [7, 11) is 0. The number of benzene rings is 4. The molecule has 9 heteroatoms. The third-order valence-electron chi connectivity index (χ3n) is 6.57. The van der Waals surface area contributed by atoms with E-state index in [2.05, 4.69) is 9.55 Å². The van der Waals surface area contributed by atoms with Crippen LogP contribution in [-0.4, -0.2) is 44.8 Å². The number of rotatable bonds is 7. The molecule has 4 aromatic carbocycles. The minimum atomic E-state index is -0.630. The normalized spacial score (nSPS) is 12.4. The van der Waals surface area contributed by atoms with Crippen LogP contribution in [0, 0.1) is 5.82 Å². The monoisotopic (exact) mass is 509 g/mol. The number of amides is 1. The van der Waals surface area contributed by atoms with Gasteiger partial charge in [-0.1, -0.05) is 30.3 Å². The molecule has 6 rings (SSSR count). The van der Waals surface area contributed by atoms with Gasteiger partial charge in [-0.05, 0) is 42.5 Å². The predicted molar refractivity (Wildman–Crippen MR) is 145 cm³/mol. The number of hydrogen-bond donors (Lipinski definition) is 4. The van der Waals surface area contributed by atoms with Gasteiger partial charge in [-0.25, -0.2) is 9.37 Å². The molecule has 0 saturated heterocycles. The molecule has 190 valence electrons. The van der Waals surface area contributed by atoms with E-state index in [1.807, 2.05) is 42.5 Å². The highest BCUT2D eigenvalue weighted by Crippen LogP contribution is 2.38. The maximum Gasteiger partial charge on any atom is 0.252 e. The number of carbonyl (C=O) groups is 1. The molecular weight excluding hydrogens is 485 g/mol. The number of nitrogens with two attached hydrogens (primary N) is 2. The minimum Gasteiger partial charge on any atom is -0.491 e. The lowest BCUT2D eigenvalue weighted by atomic mass is 10.1. The highest BCUT2D eigenvalue weighted by molar-refractivity contribution is 6.15. The number of nitrogens with one attached hydrogen (secondary N) is 1. The van der Waals surface area contributed by atoms with Gasteiger partial charge in [-0.2, -0.15) is 0 Å². The second-order valence-corrected chi connectivity index (χ2v) is 9.10. The van der Waals surface area contributed by atoms with Crippen molar-refractivity contribution in [3.8, 4) is 22.8 Å². The van der Waals surface area contributed by atoms with Crippen LogP contribution in [0.15, 0.2) is 78.9 Å². The van der Waals surface area contributed by atoms with E-state index in [9.17, 15) is 14.3 Å². The summed E-state index contributed by atoms with van der Waals surface area (Å²) in [6.45, 7) is -0.236. The molecule has 0 spiro atoms. The maximum absolute atomic E-state index is 13.8. The zero-order chi connectivity index (χ0) is 26.4. The van der Waals surface area contributed by atoms with Gasteiger partial charge in [-0.3, -0.25) is 4.79 Å². The van der Waals surface area contributed by atoms with E-state index in [0.717, 1.165) is 33.1 Å². The Morgan fingerprint density at radius 1 is 1.05 bits per heavy atom. The first-order valence-electron chi connectivity index (χ1n) is 12.1. The number of primary amides is 1. The van der Waals surface area contributed by atoms with Crippen molar-refractivity contribution in [3.05, 3.63) is 90.2 Å². The van der Waals surface area contributed by atoms with Gasteiger partial charge in [0.1, 0.15) is 24.0 Å². The summed E-state index contributed by atoms with van der Waals surface area (Å²) in [5, 5.41) is 11.2. The van der Waals surface area contributed by atoms with Crippen LogP contribution >= 0.6 is 0 Å². The van der Waals surface area contributed by atoms with E-state index in [-0.39, 0.29) is 30.3 Å². The van der Waals surface area contributed by atoms with Crippen molar-refractivity contribution in [1.29, 1.82) is 0 Å². The van der Waals surface area contributed by atoms with Gasteiger partial charge in [0.2, 0.25) is 0 Å². The molecule has 6 N–H and O–H groups in total. The number of aliphatic hydroxyl groups is 1. The number of aromatic amines is 1. The van der Waals surface area contributed by atoms with Crippen LogP contribution in [0.1, 0.15) is 10.4 Å². The molecular formula is C29H24FN5O3. The molecule has 38 heavy (non-hydrogen) atoms. The van der Waals surface area contributed by atoms with E-state index < -0.39 is 11.9 Å². The molecule has 1 atom stereocenters. The number of nitrogens with zero attached hydrogens (tertiary/aromatic N) is 2. The van der Waals surface area contributed by atoms with Gasteiger partial charge in [0.15, 0.2) is 0 Å². The standard InChI is InChI=1S/C29H24FN5O3/c30-16-8-11-22-23(12-16)34-29(33-22)21-5-3-7-25-27(21)19-4-1-2-6-24(19)35(25)18-9-10-20(28(32)37)26(13-18)38-15-17(31)14-36/h1-13,17,36H,14-15,31H2,(H2,32,37)(H,33,34). The molecule has 0 aliphatic rings. The van der Waals surface area contributed by atoms with Crippen LogP contribution in [0.4, 0.5) is 4.39 Å². The Morgan fingerprint density at radius 3 is 2.68 bits per heavy atom. The van der Waals surface area contributed by atoms with E-state index in [1.165, 1.54) is 12.1 Å². The number of imidazole rings is 1. The number of carbonyl (C=O) groups excluding carboxylic acids is 1. The summed E-state index contributed by atoms with van der Waals surface area (Å²) < 4.78 is 21.7. The van der Waals surface area contributed by atoms with Gasteiger partial charge in [0.25, 0.3) is 5.91 Å². The Bertz CT molecular complexity index is 1840. The first-order chi connectivity index (χ1) is 18.4. The SMILES string of the molecule is NC(=O)c1ccc(-n2c3ccccc3c3c(-c4nc5ccc(F)cc5[nH]4)cccc32)cc1OCC(N)CO. The molecule has 1 unspecified atom stereocenters. The Hall–Kier alpha value is -4.73. The largest absolute Gasteiger partial charge is 0.491 e. The van der Waals surface area contributed by atoms with E-state index in [1.54, 1.807) is 24.3 Å². The minimum absolute atomic E-state index is 0.0181. The van der Waals surface area contributed by atoms with Crippen molar-refractivity contribution < 1.29 is 19.0 Å². The van der Waals surface area contributed by atoms with E-state index in [4.69, 9.17) is 21.2 Å². The van der Waals surface area contributed by atoms with Crippen LogP contribution in [0.25, 0.3) is 49.9 Å². The van der Waals surface area contributed by atoms with Crippen molar-refractivity contribution in [2.45, 2.75) is 6.04 Å². The van der Waals surface area contributed by atoms with Gasteiger partial charge < -0.3 is 30.9 Å². The van der Waals surface area contributed by atoms with Gasteiger partial charge in [0, 0.05) is 28.1 Å². The fourth-order valence-electron chi connectivity index (χ4n) is 4.83. The van der Waals surface area contributed by atoms with Crippen LogP contribution in [-0.2, 0) is 0 Å². The number of H-pyrrole nitrogens is 1. The molecule has 0 radical (unpaired) electrons. The zero-order valence-corrected chi connectivity index (χ0v) is 20.2. The highest BCUT2D eigenvalue weighted by atomic mass is 19.1. The zero-order valence-electron chi connectivity index (χ0n) is 20.2. The molecule has 8 nitrogen and oxygen atoms in total. The quantitative estimate of drug-likeness (QED) is 0.255. The molecule has 6 aromatic rings. The van der Waals surface area contributed by atoms with Crippen LogP contribution in [0.5, 0.6) is 5.75 Å². The summed E-state index contributed by atoms with van der Waals surface area (Å²) in [6.07, 6.45) is 0. The van der Waals surface area contributed by atoms with Crippen molar-refractivity contribution in [2.75, 3.05) is 13.2 Å². The third kappa shape index (κ3) is 3.94. The van der Waals surface area contributed by atoms with E-state index >= 15 is 0 Å². The predicted octanol–water partition coefficient (Wildman–Crippen LogP) is 4.26. The van der Waals surface area contributed by atoms with Gasteiger partial charge in [0.05, 0.1) is 40.3 Å². The number of fused-ring (bicyclic) bond motifs is 4. The Morgan fingerprint density at radius 2 is 1.87 bits per heavy atom. The summed E-state index contributed by atoms with van der Waals surface area (Å²) in [5.74, 6) is -0.0553. The van der Waals surface area contributed by atoms with Gasteiger partial charge >= 0.3 is 0 Å². The summed E-state index contributed by atoms with van der Waals surface area (Å²) in [4.78, 5) is 20.1. The molecule has 0 aliphatic carbocycles. The molecule has 2 aromatic heterocycles. The Kier molecular flexibility index (Phi) is 5.79. The van der Waals surface area contributed by atoms with Crippen LogP contribution in [0.3, 0.4) is 0 Å². The Balaban J connectivity index is 1.58. The average molecular weight is 510 g/mol. The number of aromatic nitrogens is 3. The third-order valence-corrected chi connectivity index (χ3v) is 6.57. The maximum atomic E-state index is 13.8. The first-order valence-corrected chi connectivity index (χ1v) is 12.1. The fraction of sp³-hybridized carbons (Fsp3) is 0.103. The molecule has 0 fully saturated rings. The lowest BCUT2D eigenvalue weighted by molar-refractivity contribution is 0.0995. The fourth-order valence-corrected chi connectivity index (χ4v) is 4.83. The number of ether oxygens (including phenoxy) is 1. The average Bonchev–Trinajstić information content (AvgIpc) is 3.50. The highest BCUT2D eigenvalue weighted by Gasteiger charge is 2.19. The lowest BCUT2D eigenvalue weighted by Gasteiger charge is -2.15. The van der Waals surface area contributed by atoms with E-state index in [0.29, 0.717) is 16.9 Å². The summed E-state index contributed by atoms with van der Waals surface area (Å²) in [6, 6.07) is 22.9. The van der Waals surface area contributed by atoms with Crippen molar-refractivity contribution >= 4 is 38.7 Å². The van der Waals surface area contributed by atoms with Crippen molar-refractivity contribution in [2.24, 2.45) is 11.5 Å². The first kappa shape index (κ1) is 23.7. The number of para-hydroxylation sites is 1. The summed E-state index contributed by atoms with van der Waals surface area (Å²) in [5.41, 5.74) is 16.4. The molecule has 2 heterocycles. The second kappa shape index (κ2) is 9.29. The number of halogens is 1. The Labute approximate surface area is 216 Å². The smallest absolute Gasteiger partial charge is 0.252 e. The van der Waals surface area contributed by atoms with Crippen molar-refractivity contribution in [1.82, 2.24) is 14.5 Å². The molecule has 1 amide bonds.